The molecule has 2 unspecified atom stereocenters. The van der Waals surface area contributed by atoms with Crippen molar-refractivity contribution in [2.24, 2.45) is 5.16 Å². The number of hydrogen-bond acceptors (Lipinski definition) is 14. The van der Waals surface area contributed by atoms with E-state index in [1.165, 1.54) is 11.8 Å². The van der Waals surface area contributed by atoms with Gasteiger partial charge in [0.15, 0.2) is 5.13 Å². The van der Waals surface area contributed by atoms with E-state index in [0.29, 0.717) is 37.3 Å². The van der Waals surface area contributed by atoms with Crippen LogP contribution in [0.5, 0.6) is 0 Å². The normalized spacial score (nSPS) is 17.6. The number of hydrogen-bond donors (Lipinski definition) is 2. The number of carboxylic acids is 1. The van der Waals surface area contributed by atoms with Gasteiger partial charge in [-0.25, -0.2) is 9.36 Å². The fourth-order valence-electron chi connectivity index (χ4n) is 5.22. The number of carboxylic acid groups (broad SMARTS) is 1. The van der Waals surface area contributed by atoms with Crippen molar-refractivity contribution < 1.29 is 38.4 Å². The predicted octanol–water partition coefficient (Wildman–Crippen LogP) is -0.139. The van der Waals surface area contributed by atoms with Crippen LogP contribution >= 0.6 is 23.3 Å². The number of carbonyl (C=O) groups excluding carboxylic acids is 4. The molecule has 256 valence electrons. The van der Waals surface area contributed by atoms with Crippen molar-refractivity contribution in [3.63, 3.8) is 0 Å². The Morgan fingerprint density at radius 3 is 2.81 bits per heavy atom. The van der Waals surface area contributed by atoms with Gasteiger partial charge in [-0.3, -0.25) is 14.5 Å². The van der Waals surface area contributed by atoms with Gasteiger partial charge in [0, 0.05) is 43.0 Å². The zero-order valence-electron chi connectivity index (χ0n) is 26.7. The fourth-order valence-corrected chi connectivity index (χ4v) is 6.99. The number of aliphatic carboxylic acids is 1. The van der Waals surface area contributed by atoms with Crippen LogP contribution in [-0.4, -0.2) is 102 Å². The molecule has 48 heavy (non-hydrogen) atoms. The number of ether oxygens (including phenoxy) is 1. The first-order valence-corrected chi connectivity index (χ1v) is 17.2. The molecule has 3 aromatic rings. The number of unbranched alkanes of at least 4 members (excludes halogenated alkanes) is 1. The van der Waals surface area contributed by atoms with E-state index in [-0.39, 0.29) is 47.4 Å². The Balaban J connectivity index is 1.27. The van der Waals surface area contributed by atoms with Crippen molar-refractivity contribution in [2.75, 3.05) is 38.3 Å². The number of anilines is 1. The molecule has 0 saturated carbocycles. The summed E-state index contributed by atoms with van der Waals surface area (Å²) in [4.78, 5) is 67.2. The maximum absolute atomic E-state index is 13.3. The van der Waals surface area contributed by atoms with Crippen molar-refractivity contribution in [3.8, 4) is 0 Å². The molecule has 2 aliphatic heterocycles. The highest BCUT2D eigenvalue weighted by molar-refractivity contribution is 8.00. The molecule has 5 heterocycles. The zero-order chi connectivity index (χ0) is 34.4. The van der Waals surface area contributed by atoms with Gasteiger partial charge in [0.2, 0.25) is 17.9 Å². The van der Waals surface area contributed by atoms with Crippen molar-refractivity contribution in [2.45, 2.75) is 57.6 Å². The van der Waals surface area contributed by atoms with Crippen LogP contribution in [0.4, 0.5) is 9.93 Å². The van der Waals surface area contributed by atoms with Crippen molar-refractivity contribution in [1.82, 2.24) is 34.0 Å². The topological polar surface area (TPSA) is 214 Å². The SMILES string of the molecule is CCCCOC(=O)N(C)CCCn1cnc2c1ccc[n+]2CC1=C(C(=O)[O-])N2C(=O)C(NC(=O)/C(=N/OCC)c3nsc(N)n3)C2SC1. The Morgan fingerprint density at radius 1 is 1.29 bits per heavy atom. The van der Waals surface area contributed by atoms with Gasteiger partial charge in [0.25, 0.3) is 11.8 Å². The second-order valence-corrected chi connectivity index (χ2v) is 12.8. The highest BCUT2D eigenvalue weighted by Crippen LogP contribution is 2.40. The molecule has 3 aromatic heterocycles. The summed E-state index contributed by atoms with van der Waals surface area (Å²) in [5.74, 6) is -2.65. The minimum atomic E-state index is -1.50. The number of imidazole rings is 1. The number of amides is 3. The van der Waals surface area contributed by atoms with Gasteiger partial charge in [0.1, 0.15) is 30.1 Å². The third kappa shape index (κ3) is 7.35. The number of nitrogen functional groups attached to an aromatic ring is 1. The summed E-state index contributed by atoms with van der Waals surface area (Å²) >= 11 is 2.19. The second-order valence-electron chi connectivity index (χ2n) is 10.9. The molecule has 19 heteroatoms. The molecule has 1 fully saturated rings. The summed E-state index contributed by atoms with van der Waals surface area (Å²) in [6, 6.07) is 2.72. The maximum Gasteiger partial charge on any atom is 0.409 e. The van der Waals surface area contributed by atoms with E-state index in [9.17, 15) is 24.3 Å². The number of pyridine rings is 1. The predicted molar refractivity (Wildman–Crippen MR) is 173 cm³/mol. The smallest absolute Gasteiger partial charge is 0.409 e. The number of β-lactam (4-membered cyclic amide) rings is 1. The van der Waals surface area contributed by atoms with Crippen LogP contribution < -0.4 is 20.7 Å². The Labute approximate surface area is 283 Å². The highest BCUT2D eigenvalue weighted by atomic mass is 32.2. The first-order chi connectivity index (χ1) is 23.1. The van der Waals surface area contributed by atoms with Crippen molar-refractivity contribution >= 4 is 69.2 Å². The van der Waals surface area contributed by atoms with Crippen LogP contribution in [-0.2, 0) is 37.0 Å². The maximum atomic E-state index is 13.3. The number of rotatable bonds is 15. The van der Waals surface area contributed by atoms with Gasteiger partial charge in [-0.1, -0.05) is 18.5 Å². The number of nitrogens with zero attached hydrogens (tertiary/aromatic N) is 8. The lowest BCUT2D eigenvalue weighted by molar-refractivity contribution is -0.664. The first kappa shape index (κ1) is 34.6. The molecular formula is C29H36N10O7S2. The molecule has 5 rings (SSSR count). The lowest BCUT2D eigenvalue weighted by atomic mass is 10.0. The standard InChI is InChI=1S/C29H36N10O7S2/c1-4-6-13-45-29(44)36(3)10-8-12-38-16-31-23-18(38)9-7-11-37(23)14-17-15-47-26-20(25(41)39(26)21(17)27(42)43)32-24(40)19(34-46-5-2)22-33-28(30)48-35-22/h7,9,11,16,20,26H,4-6,8,10,12-15H2,1-3H3,(H3-,30,32,33,35,40,42,43)/b34-19+. The molecule has 2 aliphatic rings. The number of carbonyl (C=O) groups is 4. The number of fused-ring (bicyclic) bond motifs is 2. The molecule has 0 radical (unpaired) electrons. The molecular weight excluding hydrogens is 665 g/mol. The van der Waals surface area contributed by atoms with Crippen LogP contribution in [0.25, 0.3) is 11.2 Å². The molecule has 0 bridgehead atoms. The molecule has 3 N–H and O–H groups in total. The van der Waals surface area contributed by atoms with Crippen LogP contribution in [0.2, 0.25) is 0 Å². The second kappa shape index (κ2) is 15.4. The van der Waals surface area contributed by atoms with Crippen LogP contribution in [0.3, 0.4) is 0 Å². The number of nitrogens with two attached hydrogens (primary N) is 1. The number of aryl methyl sites for hydroxylation is 1. The van der Waals surface area contributed by atoms with Gasteiger partial charge in [-0.05, 0) is 36.9 Å². The summed E-state index contributed by atoms with van der Waals surface area (Å²) in [7, 11) is 1.70. The summed E-state index contributed by atoms with van der Waals surface area (Å²) in [5, 5.41) is 18.3. The van der Waals surface area contributed by atoms with Crippen LogP contribution in [0, 0.1) is 0 Å². The van der Waals surface area contributed by atoms with Crippen LogP contribution in [0.15, 0.2) is 41.1 Å². The van der Waals surface area contributed by atoms with E-state index in [1.54, 1.807) is 31.4 Å². The molecule has 0 aromatic carbocycles. The molecule has 17 nitrogen and oxygen atoms in total. The van der Waals surface area contributed by atoms with Gasteiger partial charge >= 0.3 is 11.7 Å². The molecule has 0 spiro atoms. The summed E-state index contributed by atoms with van der Waals surface area (Å²) in [5.41, 5.74) is 7.08. The van der Waals surface area contributed by atoms with E-state index < -0.39 is 29.2 Å². The van der Waals surface area contributed by atoms with E-state index in [0.717, 1.165) is 34.8 Å². The molecule has 2 atom stereocenters. The summed E-state index contributed by atoms with van der Waals surface area (Å²) < 4.78 is 13.0. The Morgan fingerprint density at radius 2 is 2.10 bits per heavy atom. The van der Waals surface area contributed by atoms with Crippen molar-refractivity contribution in [3.05, 3.63) is 41.8 Å². The number of aromatic nitrogens is 5. The largest absolute Gasteiger partial charge is 0.543 e. The van der Waals surface area contributed by atoms with E-state index in [2.05, 4.69) is 24.8 Å². The fraction of sp³-hybridized carbons (Fsp3) is 0.483. The average molecular weight is 701 g/mol. The van der Waals surface area contributed by atoms with Gasteiger partial charge < -0.3 is 40.0 Å². The Bertz CT molecular complexity index is 1760. The van der Waals surface area contributed by atoms with Gasteiger partial charge in [0.05, 0.1) is 24.5 Å². The van der Waals surface area contributed by atoms with Gasteiger partial charge in [-0.15, -0.1) is 11.8 Å². The average Bonchev–Trinajstić information content (AvgIpc) is 3.69. The first-order valence-electron chi connectivity index (χ1n) is 15.3. The highest BCUT2D eigenvalue weighted by Gasteiger charge is 2.53. The number of thioether (sulfide) groups is 1. The summed E-state index contributed by atoms with van der Waals surface area (Å²) in [6.45, 7) is 5.53. The lowest BCUT2D eigenvalue weighted by Gasteiger charge is -2.50. The molecule has 3 amide bonds. The van der Waals surface area contributed by atoms with E-state index in [1.807, 2.05) is 28.2 Å². The quantitative estimate of drug-likeness (QED) is 0.0697. The number of oxime groups is 1. The zero-order valence-corrected chi connectivity index (χ0v) is 28.3. The lowest BCUT2D eigenvalue weighted by Crippen LogP contribution is -2.71. The Hall–Kier alpha value is -4.78. The molecule has 1 saturated heterocycles. The molecule has 0 aliphatic carbocycles. The third-order valence-electron chi connectivity index (χ3n) is 7.62. The third-order valence-corrected chi connectivity index (χ3v) is 9.50. The van der Waals surface area contributed by atoms with Crippen LogP contribution in [0.1, 0.15) is 38.9 Å². The monoisotopic (exact) mass is 700 g/mol. The van der Waals surface area contributed by atoms with E-state index in [4.69, 9.17) is 15.3 Å². The minimum absolute atomic E-state index is 0.0514. The summed E-state index contributed by atoms with van der Waals surface area (Å²) in [6.07, 6.45) is 5.57. The number of nitrogens with one attached hydrogen (secondary N) is 1. The van der Waals surface area contributed by atoms with Crippen molar-refractivity contribution in [1.29, 1.82) is 0 Å². The Kier molecular flexibility index (Phi) is 11.1. The van der Waals surface area contributed by atoms with Gasteiger partial charge in [-0.2, -0.15) is 9.36 Å². The van der Waals surface area contributed by atoms with E-state index >= 15 is 0 Å². The minimum Gasteiger partial charge on any atom is -0.543 e.